The number of pyridine rings is 1. The first-order valence-electron chi connectivity index (χ1n) is 9.18. The van der Waals surface area contributed by atoms with Crippen LogP contribution < -0.4 is 10.9 Å². The van der Waals surface area contributed by atoms with Crippen molar-refractivity contribution < 1.29 is 9.59 Å². The highest BCUT2D eigenvalue weighted by Gasteiger charge is 2.29. The van der Waals surface area contributed by atoms with Gasteiger partial charge in [-0.2, -0.15) is 0 Å². The zero-order valence-electron chi connectivity index (χ0n) is 15.8. The number of aromatic nitrogens is 1. The fourth-order valence-corrected chi connectivity index (χ4v) is 3.39. The number of ketones is 1. The summed E-state index contributed by atoms with van der Waals surface area (Å²) in [5, 5.41) is 3.27. The van der Waals surface area contributed by atoms with Gasteiger partial charge in [0.25, 0.3) is 11.5 Å². The standard InChI is InChI=1S/C22H21ClN2O3/c1-4-22(3,5-2)24-20(27)17-13-16-18(7-6-8-19(16)26)25(21(17)28)15-11-9-14(23)10-12-15/h1,9-13H,5-8H2,2-3H3,(H,24,27)/t22-/m0/s1. The first kappa shape index (κ1) is 19.9. The lowest BCUT2D eigenvalue weighted by molar-refractivity contribution is 0.0922. The van der Waals surface area contributed by atoms with Gasteiger partial charge in [-0.25, -0.2) is 0 Å². The molecule has 3 rings (SSSR count). The van der Waals surface area contributed by atoms with Gasteiger partial charge in [0, 0.05) is 28.4 Å². The summed E-state index contributed by atoms with van der Waals surface area (Å²) in [5.74, 6) is 1.89. The van der Waals surface area contributed by atoms with Crippen LogP contribution in [-0.2, 0) is 6.42 Å². The maximum Gasteiger partial charge on any atom is 0.268 e. The predicted octanol–water partition coefficient (Wildman–Crippen LogP) is 3.54. The second-order valence-electron chi connectivity index (χ2n) is 7.10. The average molecular weight is 397 g/mol. The molecule has 0 aliphatic heterocycles. The third-order valence-corrected chi connectivity index (χ3v) is 5.42. The molecule has 5 nitrogen and oxygen atoms in total. The van der Waals surface area contributed by atoms with Crippen molar-refractivity contribution in [3.05, 3.63) is 62.5 Å². The van der Waals surface area contributed by atoms with Crippen molar-refractivity contribution in [3.63, 3.8) is 0 Å². The SMILES string of the molecule is C#C[C@@](C)(CC)NC(=O)c1cc2c(n(-c3ccc(Cl)cc3)c1=O)CCCC2=O. The number of carbonyl (C=O) groups excluding carboxylic acids is 2. The third kappa shape index (κ3) is 3.61. The predicted molar refractivity (Wildman–Crippen MR) is 109 cm³/mol. The molecule has 1 N–H and O–H groups in total. The van der Waals surface area contributed by atoms with E-state index in [1.807, 2.05) is 6.92 Å². The van der Waals surface area contributed by atoms with Gasteiger partial charge in [0.1, 0.15) is 5.56 Å². The molecule has 0 saturated heterocycles. The Labute approximate surface area is 168 Å². The number of hydrogen-bond acceptors (Lipinski definition) is 3. The second kappa shape index (κ2) is 7.65. The number of hydrogen-bond donors (Lipinski definition) is 1. The lowest BCUT2D eigenvalue weighted by atomic mass is 9.92. The van der Waals surface area contributed by atoms with Gasteiger partial charge in [-0.3, -0.25) is 19.0 Å². The molecule has 1 amide bonds. The Morgan fingerprint density at radius 3 is 2.57 bits per heavy atom. The van der Waals surface area contributed by atoms with E-state index in [2.05, 4.69) is 11.2 Å². The molecule has 0 fully saturated rings. The lowest BCUT2D eigenvalue weighted by Crippen LogP contribution is -2.46. The van der Waals surface area contributed by atoms with Crippen LogP contribution in [-0.4, -0.2) is 21.8 Å². The van der Waals surface area contributed by atoms with Gasteiger partial charge in [-0.15, -0.1) is 6.42 Å². The number of Topliss-reactive ketones (excluding diaryl/α,β-unsaturated/α-hetero) is 1. The Morgan fingerprint density at radius 1 is 1.29 bits per heavy atom. The molecule has 0 unspecified atom stereocenters. The number of fused-ring (bicyclic) bond motifs is 1. The number of benzene rings is 1. The summed E-state index contributed by atoms with van der Waals surface area (Å²) >= 11 is 5.97. The van der Waals surface area contributed by atoms with Crippen LogP contribution >= 0.6 is 11.6 Å². The van der Waals surface area contributed by atoms with E-state index in [1.54, 1.807) is 31.2 Å². The van der Waals surface area contributed by atoms with Crippen molar-refractivity contribution in [2.24, 2.45) is 0 Å². The molecule has 28 heavy (non-hydrogen) atoms. The molecule has 1 aliphatic carbocycles. The van der Waals surface area contributed by atoms with Crippen LogP contribution in [0.4, 0.5) is 0 Å². The van der Waals surface area contributed by atoms with Gasteiger partial charge >= 0.3 is 0 Å². The molecule has 1 heterocycles. The van der Waals surface area contributed by atoms with Crippen LogP contribution in [0.5, 0.6) is 0 Å². The summed E-state index contributed by atoms with van der Waals surface area (Å²) in [5.41, 5.74) is 0.127. The van der Waals surface area contributed by atoms with Crippen molar-refractivity contribution in [1.82, 2.24) is 9.88 Å². The molecule has 1 aromatic heterocycles. The fraction of sp³-hybridized carbons (Fsp3) is 0.318. The van der Waals surface area contributed by atoms with Gasteiger partial charge in [-0.05, 0) is 56.5 Å². The fourth-order valence-electron chi connectivity index (χ4n) is 3.26. The molecule has 6 heteroatoms. The number of rotatable bonds is 4. The number of carbonyl (C=O) groups is 2. The van der Waals surface area contributed by atoms with Crippen LogP contribution in [0.3, 0.4) is 0 Å². The quantitative estimate of drug-likeness (QED) is 0.803. The minimum atomic E-state index is -0.880. The molecular weight excluding hydrogens is 376 g/mol. The maximum absolute atomic E-state index is 13.2. The van der Waals surface area contributed by atoms with E-state index < -0.39 is 17.0 Å². The highest BCUT2D eigenvalue weighted by Crippen LogP contribution is 2.24. The minimum absolute atomic E-state index is 0.0757. The number of amides is 1. The van der Waals surface area contributed by atoms with Crippen molar-refractivity contribution >= 4 is 23.3 Å². The Bertz CT molecular complexity index is 1050. The van der Waals surface area contributed by atoms with E-state index in [0.29, 0.717) is 47.7 Å². The smallest absolute Gasteiger partial charge is 0.268 e. The zero-order valence-corrected chi connectivity index (χ0v) is 16.6. The van der Waals surface area contributed by atoms with Crippen LogP contribution in [0, 0.1) is 12.3 Å². The molecule has 0 saturated carbocycles. The largest absolute Gasteiger partial charge is 0.336 e. The Morgan fingerprint density at radius 2 is 1.96 bits per heavy atom. The molecular formula is C22H21ClN2O3. The monoisotopic (exact) mass is 396 g/mol. The molecule has 1 aromatic carbocycles. The van der Waals surface area contributed by atoms with Gasteiger partial charge in [0.15, 0.2) is 5.78 Å². The summed E-state index contributed by atoms with van der Waals surface area (Å²) in [6.45, 7) is 3.56. The van der Waals surface area contributed by atoms with Crippen LogP contribution in [0.25, 0.3) is 5.69 Å². The summed E-state index contributed by atoms with van der Waals surface area (Å²) in [6, 6.07) is 8.14. The van der Waals surface area contributed by atoms with Gasteiger partial charge in [0.2, 0.25) is 0 Å². The van der Waals surface area contributed by atoms with Gasteiger partial charge in [-0.1, -0.05) is 24.4 Å². The van der Waals surface area contributed by atoms with E-state index >= 15 is 0 Å². The van der Waals surface area contributed by atoms with Crippen molar-refractivity contribution in [1.29, 1.82) is 0 Å². The highest BCUT2D eigenvalue weighted by molar-refractivity contribution is 6.30. The number of nitrogens with zero attached hydrogens (tertiary/aromatic N) is 1. The van der Waals surface area contributed by atoms with Crippen LogP contribution in [0.2, 0.25) is 5.02 Å². The molecule has 144 valence electrons. The minimum Gasteiger partial charge on any atom is -0.336 e. The highest BCUT2D eigenvalue weighted by atomic mass is 35.5. The molecule has 0 radical (unpaired) electrons. The second-order valence-corrected chi connectivity index (χ2v) is 7.53. The Kier molecular flexibility index (Phi) is 5.44. The van der Waals surface area contributed by atoms with E-state index in [-0.39, 0.29) is 11.3 Å². The van der Waals surface area contributed by atoms with Crippen molar-refractivity contribution in [3.8, 4) is 18.0 Å². The summed E-state index contributed by atoms with van der Waals surface area (Å²) in [4.78, 5) is 38.6. The van der Waals surface area contributed by atoms with E-state index in [0.717, 1.165) is 0 Å². The third-order valence-electron chi connectivity index (χ3n) is 5.17. The van der Waals surface area contributed by atoms with Crippen LogP contribution in [0.1, 0.15) is 59.5 Å². The van der Waals surface area contributed by atoms with Crippen molar-refractivity contribution in [2.45, 2.75) is 45.1 Å². The normalized spacial score (nSPS) is 15.3. The molecule has 1 atom stereocenters. The van der Waals surface area contributed by atoms with Crippen molar-refractivity contribution in [2.75, 3.05) is 0 Å². The first-order valence-corrected chi connectivity index (χ1v) is 9.56. The Hall–Kier alpha value is -2.84. The topological polar surface area (TPSA) is 68.2 Å². The average Bonchev–Trinajstić information content (AvgIpc) is 2.68. The van der Waals surface area contributed by atoms with E-state index in [1.165, 1.54) is 10.6 Å². The molecule has 0 spiro atoms. The molecule has 1 aliphatic rings. The Balaban J connectivity index is 2.21. The summed E-state index contributed by atoms with van der Waals surface area (Å²) in [6.07, 6.45) is 7.68. The maximum atomic E-state index is 13.2. The van der Waals surface area contributed by atoms with Gasteiger partial charge < -0.3 is 5.32 Å². The van der Waals surface area contributed by atoms with Crippen LogP contribution in [0.15, 0.2) is 35.1 Å². The molecule has 2 aromatic rings. The summed E-state index contributed by atoms with van der Waals surface area (Å²) in [7, 11) is 0. The zero-order chi connectivity index (χ0) is 20.5. The summed E-state index contributed by atoms with van der Waals surface area (Å²) < 4.78 is 1.44. The van der Waals surface area contributed by atoms with E-state index in [4.69, 9.17) is 18.0 Å². The number of terminal acetylenes is 1. The molecule has 0 bridgehead atoms. The van der Waals surface area contributed by atoms with Gasteiger partial charge in [0.05, 0.1) is 5.54 Å². The number of nitrogens with one attached hydrogen (secondary N) is 1. The first-order chi connectivity index (χ1) is 13.3. The number of halogens is 1. The lowest BCUT2D eigenvalue weighted by Gasteiger charge is -2.25. The van der Waals surface area contributed by atoms with E-state index in [9.17, 15) is 14.4 Å².